The van der Waals surface area contributed by atoms with Gasteiger partial charge in [-0.1, -0.05) is 66.2 Å². The van der Waals surface area contributed by atoms with Gasteiger partial charge >= 0.3 is 0 Å². The van der Waals surface area contributed by atoms with Crippen molar-refractivity contribution in [1.82, 2.24) is 0 Å². The lowest BCUT2D eigenvalue weighted by Crippen LogP contribution is -2.11. The Morgan fingerprint density at radius 3 is 1.96 bits per heavy atom. The van der Waals surface area contributed by atoms with Crippen LogP contribution in [0.1, 0.15) is 22.8 Å². The van der Waals surface area contributed by atoms with Crippen LogP contribution in [0.2, 0.25) is 5.02 Å². The highest BCUT2D eigenvalue weighted by Crippen LogP contribution is 2.23. The lowest BCUT2D eigenvalue weighted by molar-refractivity contribution is 0.116. The molecule has 0 saturated heterocycles. The first-order valence-corrected chi connectivity index (χ1v) is 8.28. The molecule has 1 unspecified atom stereocenters. The second-order valence-corrected chi connectivity index (χ2v) is 6.08. The van der Waals surface area contributed by atoms with Gasteiger partial charge in [-0.3, -0.25) is 0 Å². The summed E-state index contributed by atoms with van der Waals surface area (Å²) >= 11 is 5.91. The van der Waals surface area contributed by atoms with Crippen molar-refractivity contribution in [3.63, 3.8) is 0 Å². The van der Waals surface area contributed by atoms with E-state index >= 15 is 0 Å². The third kappa shape index (κ3) is 4.38. The zero-order valence-corrected chi connectivity index (χ0v) is 14.0. The number of halogens is 1. The summed E-state index contributed by atoms with van der Waals surface area (Å²) in [6, 6.07) is 25.6. The monoisotopic (exact) mass is 338 g/mol. The van der Waals surface area contributed by atoms with Crippen molar-refractivity contribution >= 4 is 11.6 Å². The molecule has 1 N–H and O–H groups in total. The van der Waals surface area contributed by atoms with Crippen LogP contribution in [-0.4, -0.2) is 11.7 Å². The number of aliphatic hydroxyl groups is 1. The third-order valence-corrected chi connectivity index (χ3v) is 4.11. The van der Waals surface area contributed by atoms with Gasteiger partial charge in [-0.25, -0.2) is 0 Å². The van der Waals surface area contributed by atoms with Crippen LogP contribution in [0, 0.1) is 0 Å². The van der Waals surface area contributed by atoms with Crippen molar-refractivity contribution in [2.45, 2.75) is 12.5 Å². The van der Waals surface area contributed by atoms with E-state index in [4.69, 9.17) is 16.3 Å². The average Bonchev–Trinajstić information content (AvgIpc) is 2.64. The van der Waals surface area contributed by atoms with Gasteiger partial charge in [0.1, 0.15) is 11.9 Å². The highest BCUT2D eigenvalue weighted by molar-refractivity contribution is 6.30. The van der Waals surface area contributed by atoms with Gasteiger partial charge in [0.05, 0.1) is 6.61 Å². The van der Waals surface area contributed by atoms with Crippen LogP contribution >= 0.6 is 11.6 Å². The van der Waals surface area contributed by atoms with Crippen molar-refractivity contribution < 1.29 is 9.84 Å². The molecule has 3 aromatic rings. The lowest BCUT2D eigenvalue weighted by Gasteiger charge is -2.17. The smallest absolute Gasteiger partial charge is 0.147 e. The van der Waals surface area contributed by atoms with Crippen molar-refractivity contribution in [1.29, 1.82) is 0 Å². The van der Waals surface area contributed by atoms with E-state index in [1.165, 1.54) is 11.1 Å². The fraction of sp³-hybridized carbons (Fsp3) is 0.143. The molecule has 0 heterocycles. The van der Waals surface area contributed by atoms with Crippen LogP contribution < -0.4 is 4.74 Å². The number of ether oxygens (including phenoxy) is 1. The molecule has 3 aromatic carbocycles. The maximum absolute atomic E-state index is 9.58. The predicted molar refractivity (Wildman–Crippen MR) is 97.6 cm³/mol. The Balaban J connectivity index is 1.66. The second-order valence-electron chi connectivity index (χ2n) is 5.65. The lowest BCUT2D eigenvalue weighted by atomic mass is 10.1. The molecule has 0 aromatic heterocycles. The SMILES string of the molecule is OCC(Oc1ccc(Cc2ccc(Cl)cc2)cc1)c1ccccc1. The largest absolute Gasteiger partial charge is 0.483 e. The Bertz CT molecular complexity index is 752. The second kappa shape index (κ2) is 8.00. The molecule has 0 aliphatic rings. The molecule has 0 radical (unpaired) electrons. The van der Waals surface area contributed by atoms with Gasteiger partial charge in [0, 0.05) is 5.02 Å². The molecule has 122 valence electrons. The van der Waals surface area contributed by atoms with Gasteiger partial charge in [-0.05, 0) is 47.4 Å². The Kier molecular flexibility index (Phi) is 5.52. The van der Waals surface area contributed by atoms with Crippen molar-refractivity contribution in [3.8, 4) is 5.75 Å². The highest BCUT2D eigenvalue weighted by Gasteiger charge is 2.11. The molecular weight excluding hydrogens is 320 g/mol. The van der Waals surface area contributed by atoms with Crippen LogP contribution in [0.5, 0.6) is 5.75 Å². The van der Waals surface area contributed by atoms with Crippen molar-refractivity contribution in [3.05, 3.63) is 101 Å². The van der Waals surface area contributed by atoms with Gasteiger partial charge in [-0.2, -0.15) is 0 Å². The molecule has 0 amide bonds. The Labute approximate surface area is 147 Å². The minimum absolute atomic E-state index is 0.0590. The molecule has 0 aliphatic carbocycles. The normalized spacial score (nSPS) is 11.9. The Morgan fingerprint density at radius 1 is 0.792 bits per heavy atom. The number of aliphatic hydroxyl groups excluding tert-OH is 1. The fourth-order valence-corrected chi connectivity index (χ4v) is 2.69. The van der Waals surface area contributed by atoms with E-state index in [-0.39, 0.29) is 12.7 Å². The van der Waals surface area contributed by atoms with Crippen LogP contribution in [-0.2, 0) is 6.42 Å². The van der Waals surface area contributed by atoms with Crippen LogP contribution in [0.15, 0.2) is 78.9 Å². The minimum atomic E-state index is -0.353. The van der Waals surface area contributed by atoms with Crippen molar-refractivity contribution in [2.75, 3.05) is 6.61 Å². The molecule has 0 fully saturated rings. The molecule has 24 heavy (non-hydrogen) atoms. The molecule has 0 bridgehead atoms. The molecule has 0 saturated carbocycles. The van der Waals surface area contributed by atoms with Crippen molar-refractivity contribution in [2.24, 2.45) is 0 Å². The number of hydrogen-bond donors (Lipinski definition) is 1. The van der Waals surface area contributed by atoms with Crippen LogP contribution in [0.3, 0.4) is 0 Å². The highest BCUT2D eigenvalue weighted by atomic mass is 35.5. The van der Waals surface area contributed by atoms with E-state index in [2.05, 4.69) is 0 Å². The van der Waals surface area contributed by atoms with E-state index in [0.717, 1.165) is 22.8 Å². The van der Waals surface area contributed by atoms with E-state index in [0.29, 0.717) is 0 Å². The van der Waals surface area contributed by atoms with E-state index < -0.39 is 0 Å². The molecular formula is C21H19ClO2. The third-order valence-electron chi connectivity index (χ3n) is 3.86. The molecule has 2 nitrogen and oxygen atoms in total. The van der Waals surface area contributed by atoms with Gasteiger partial charge in [0.25, 0.3) is 0 Å². The standard InChI is InChI=1S/C21H19ClO2/c22-19-10-6-16(7-11-19)14-17-8-12-20(13-9-17)24-21(15-23)18-4-2-1-3-5-18/h1-13,21,23H,14-15H2. The zero-order valence-electron chi connectivity index (χ0n) is 13.2. The first-order valence-electron chi connectivity index (χ1n) is 7.90. The average molecular weight is 339 g/mol. The van der Waals surface area contributed by atoms with E-state index in [1.807, 2.05) is 78.9 Å². The molecule has 3 rings (SSSR count). The number of benzene rings is 3. The van der Waals surface area contributed by atoms with Crippen LogP contribution in [0.25, 0.3) is 0 Å². The maximum atomic E-state index is 9.58. The minimum Gasteiger partial charge on any atom is -0.483 e. The quantitative estimate of drug-likeness (QED) is 0.682. The summed E-state index contributed by atoms with van der Waals surface area (Å²) in [6.07, 6.45) is 0.493. The first kappa shape index (κ1) is 16.6. The number of hydrogen-bond acceptors (Lipinski definition) is 2. The van der Waals surface area contributed by atoms with Gasteiger partial charge in [0.2, 0.25) is 0 Å². The Hall–Kier alpha value is -2.29. The van der Waals surface area contributed by atoms with E-state index in [9.17, 15) is 5.11 Å². The number of rotatable bonds is 6. The summed E-state index contributed by atoms with van der Waals surface area (Å²) in [4.78, 5) is 0. The van der Waals surface area contributed by atoms with Gasteiger partial charge < -0.3 is 9.84 Å². The fourth-order valence-electron chi connectivity index (χ4n) is 2.57. The maximum Gasteiger partial charge on any atom is 0.147 e. The first-order chi connectivity index (χ1) is 11.7. The summed E-state index contributed by atoms with van der Waals surface area (Å²) < 4.78 is 5.90. The summed E-state index contributed by atoms with van der Waals surface area (Å²) in [5.41, 5.74) is 3.38. The Morgan fingerprint density at radius 2 is 1.38 bits per heavy atom. The van der Waals surface area contributed by atoms with Gasteiger partial charge in [-0.15, -0.1) is 0 Å². The topological polar surface area (TPSA) is 29.5 Å². The summed E-state index contributed by atoms with van der Waals surface area (Å²) in [7, 11) is 0. The molecule has 1 atom stereocenters. The predicted octanol–water partition coefficient (Wildman–Crippen LogP) is 5.04. The zero-order chi connectivity index (χ0) is 16.8. The van der Waals surface area contributed by atoms with Gasteiger partial charge in [0.15, 0.2) is 0 Å². The summed E-state index contributed by atoms with van der Waals surface area (Å²) in [5, 5.41) is 10.3. The molecule has 3 heteroatoms. The van der Waals surface area contributed by atoms with Crippen LogP contribution in [0.4, 0.5) is 0 Å². The molecule has 0 aliphatic heterocycles. The molecule has 0 spiro atoms. The summed E-state index contributed by atoms with van der Waals surface area (Å²) in [5.74, 6) is 0.748. The van der Waals surface area contributed by atoms with E-state index in [1.54, 1.807) is 0 Å². The summed E-state index contributed by atoms with van der Waals surface area (Å²) in [6.45, 7) is -0.0590.